The molecule has 1 aromatic rings. The highest BCUT2D eigenvalue weighted by atomic mass is 32.2. The number of hydrogen-bond donors (Lipinski definition) is 1. The SMILES string of the molecule is CN(c1cccc(NC(=O)C2CCCN(S(=O)(=O)N(C)C)C2)c1)S(C)(=O)=O. The standard InChI is InChI=1S/C16H26N4O5S2/c1-18(2)27(24,25)20-10-6-7-13(12-20)16(21)17-14-8-5-9-15(11-14)19(3)26(4,22)23/h5,8-9,11,13H,6-7,10,12H2,1-4H3,(H,17,21). The molecule has 0 aliphatic carbocycles. The third kappa shape index (κ3) is 5.18. The first-order chi connectivity index (χ1) is 12.4. The van der Waals surface area contributed by atoms with Gasteiger partial charge in [0.25, 0.3) is 10.2 Å². The Kier molecular flexibility index (Phi) is 6.51. The molecule has 1 heterocycles. The highest BCUT2D eigenvalue weighted by Gasteiger charge is 2.33. The largest absolute Gasteiger partial charge is 0.326 e. The molecule has 1 saturated heterocycles. The molecular weight excluding hydrogens is 392 g/mol. The van der Waals surface area contributed by atoms with Crippen LogP contribution in [0.2, 0.25) is 0 Å². The predicted octanol–water partition coefficient (Wildman–Crippen LogP) is 0.539. The van der Waals surface area contributed by atoms with Gasteiger partial charge in [-0.15, -0.1) is 0 Å². The van der Waals surface area contributed by atoms with Crippen LogP contribution in [0.15, 0.2) is 24.3 Å². The Hall–Kier alpha value is -1.69. The highest BCUT2D eigenvalue weighted by molar-refractivity contribution is 7.92. The van der Waals surface area contributed by atoms with E-state index in [4.69, 9.17) is 0 Å². The number of carbonyl (C=O) groups excluding carboxylic acids is 1. The lowest BCUT2D eigenvalue weighted by Gasteiger charge is -2.32. The lowest BCUT2D eigenvalue weighted by Crippen LogP contribution is -2.47. The minimum absolute atomic E-state index is 0.120. The van der Waals surface area contributed by atoms with Gasteiger partial charge in [0.05, 0.1) is 17.9 Å². The van der Waals surface area contributed by atoms with Gasteiger partial charge in [0, 0.05) is 39.9 Å². The molecule has 11 heteroatoms. The zero-order valence-corrected chi connectivity index (χ0v) is 17.5. The number of piperidine rings is 1. The van der Waals surface area contributed by atoms with Crippen LogP contribution in [0.5, 0.6) is 0 Å². The van der Waals surface area contributed by atoms with Crippen LogP contribution in [-0.2, 0) is 25.0 Å². The number of sulfonamides is 1. The number of benzene rings is 1. The number of rotatable bonds is 6. The van der Waals surface area contributed by atoms with E-state index in [1.165, 1.54) is 25.4 Å². The molecule has 1 amide bonds. The predicted molar refractivity (Wildman–Crippen MR) is 105 cm³/mol. The Balaban J connectivity index is 2.11. The summed E-state index contributed by atoms with van der Waals surface area (Å²) in [4.78, 5) is 12.6. The lowest BCUT2D eigenvalue weighted by atomic mass is 9.98. The molecule has 1 N–H and O–H groups in total. The van der Waals surface area contributed by atoms with Gasteiger partial charge in [0.15, 0.2) is 0 Å². The second-order valence-electron chi connectivity index (χ2n) is 6.76. The van der Waals surface area contributed by atoms with Crippen LogP contribution >= 0.6 is 0 Å². The molecule has 2 rings (SSSR count). The second-order valence-corrected chi connectivity index (χ2v) is 10.9. The molecule has 152 valence electrons. The van der Waals surface area contributed by atoms with Crippen molar-refractivity contribution in [3.8, 4) is 0 Å². The van der Waals surface area contributed by atoms with E-state index in [2.05, 4.69) is 5.32 Å². The maximum atomic E-state index is 12.6. The highest BCUT2D eigenvalue weighted by Crippen LogP contribution is 2.24. The molecule has 1 aliphatic heterocycles. The molecule has 0 radical (unpaired) electrons. The minimum Gasteiger partial charge on any atom is -0.326 e. The molecule has 1 aromatic carbocycles. The van der Waals surface area contributed by atoms with Crippen LogP contribution in [0, 0.1) is 5.92 Å². The van der Waals surface area contributed by atoms with Gasteiger partial charge in [-0.2, -0.15) is 17.0 Å². The van der Waals surface area contributed by atoms with Gasteiger partial charge in [-0.05, 0) is 31.0 Å². The van der Waals surface area contributed by atoms with Gasteiger partial charge in [0.1, 0.15) is 0 Å². The molecular formula is C16H26N4O5S2. The summed E-state index contributed by atoms with van der Waals surface area (Å²) in [7, 11) is -2.62. The molecule has 0 saturated carbocycles. The van der Waals surface area contributed by atoms with Crippen LogP contribution < -0.4 is 9.62 Å². The number of hydrogen-bond acceptors (Lipinski definition) is 5. The summed E-state index contributed by atoms with van der Waals surface area (Å²) < 4.78 is 51.5. The van der Waals surface area contributed by atoms with Crippen molar-refractivity contribution in [1.82, 2.24) is 8.61 Å². The summed E-state index contributed by atoms with van der Waals surface area (Å²) in [6.07, 6.45) is 2.29. The zero-order chi connectivity index (χ0) is 20.4. The van der Waals surface area contributed by atoms with Gasteiger partial charge in [-0.3, -0.25) is 9.10 Å². The summed E-state index contributed by atoms with van der Waals surface area (Å²) in [5, 5.41) is 2.76. The smallest absolute Gasteiger partial charge is 0.281 e. The molecule has 1 unspecified atom stereocenters. The van der Waals surface area contributed by atoms with Crippen LogP contribution in [-0.4, -0.2) is 71.8 Å². The third-order valence-electron chi connectivity index (χ3n) is 4.52. The van der Waals surface area contributed by atoms with E-state index < -0.39 is 26.2 Å². The average molecular weight is 419 g/mol. The first-order valence-corrected chi connectivity index (χ1v) is 11.7. The molecule has 9 nitrogen and oxygen atoms in total. The fourth-order valence-corrected chi connectivity index (χ4v) is 4.50. The van der Waals surface area contributed by atoms with E-state index in [-0.39, 0.29) is 12.5 Å². The van der Waals surface area contributed by atoms with E-state index in [0.717, 1.165) is 14.9 Å². The first-order valence-electron chi connectivity index (χ1n) is 8.45. The number of nitrogens with zero attached hydrogens (tertiary/aromatic N) is 3. The number of nitrogens with one attached hydrogen (secondary N) is 1. The maximum absolute atomic E-state index is 12.6. The van der Waals surface area contributed by atoms with Crippen molar-refractivity contribution < 1.29 is 21.6 Å². The molecule has 1 fully saturated rings. The Morgan fingerprint density at radius 2 is 1.85 bits per heavy atom. The topological polar surface area (TPSA) is 107 Å². The quantitative estimate of drug-likeness (QED) is 0.726. The average Bonchev–Trinajstić information content (AvgIpc) is 2.60. The number of amides is 1. The minimum atomic E-state index is -3.56. The van der Waals surface area contributed by atoms with Gasteiger partial charge in [-0.1, -0.05) is 6.07 Å². The zero-order valence-electron chi connectivity index (χ0n) is 15.9. The molecule has 1 atom stereocenters. The second kappa shape index (κ2) is 8.13. The Bertz CT molecular complexity index is 899. The van der Waals surface area contributed by atoms with Crippen molar-refractivity contribution in [2.24, 2.45) is 5.92 Å². The number of anilines is 2. The maximum Gasteiger partial charge on any atom is 0.281 e. The van der Waals surface area contributed by atoms with Crippen LogP contribution in [0.3, 0.4) is 0 Å². The van der Waals surface area contributed by atoms with Gasteiger partial charge < -0.3 is 5.32 Å². The van der Waals surface area contributed by atoms with Crippen molar-refractivity contribution in [2.45, 2.75) is 12.8 Å². The van der Waals surface area contributed by atoms with Crippen LogP contribution in [0.1, 0.15) is 12.8 Å². The Morgan fingerprint density at radius 3 is 2.44 bits per heavy atom. The number of carbonyl (C=O) groups is 1. The third-order valence-corrected chi connectivity index (χ3v) is 7.63. The molecule has 0 spiro atoms. The van der Waals surface area contributed by atoms with Gasteiger partial charge in [-0.25, -0.2) is 8.42 Å². The van der Waals surface area contributed by atoms with E-state index in [1.54, 1.807) is 24.3 Å². The van der Waals surface area contributed by atoms with Gasteiger partial charge >= 0.3 is 0 Å². The van der Waals surface area contributed by atoms with E-state index in [0.29, 0.717) is 30.8 Å². The first kappa shape index (κ1) is 21.6. The van der Waals surface area contributed by atoms with E-state index in [1.807, 2.05) is 0 Å². The monoisotopic (exact) mass is 418 g/mol. The normalized spacial score (nSPS) is 19.1. The van der Waals surface area contributed by atoms with E-state index in [9.17, 15) is 21.6 Å². The fraction of sp³-hybridized carbons (Fsp3) is 0.562. The summed E-state index contributed by atoms with van der Waals surface area (Å²) in [6.45, 7) is 0.508. The van der Waals surface area contributed by atoms with Crippen molar-refractivity contribution in [3.63, 3.8) is 0 Å². The van der Waals surface area contributed by atoms with Crippen LogP contribution in [0.25, 0.3) is 0 Å². The van der Waals surface area contributed by atoms with E-state index >= 15 is 0 Å². The summed E-state index contributed by atoms with van der Waals surface area (Å²) in [5.41, 5.74) is 0.886. The van der Waals surface area contributed by atoms with Crippen molar-refractivity contribution >= 4 is 37.5 Å². The molecule has 27 heavy (non-hydrogen) atoms. The summed E-state index contributed by atoms with van der Waals surface area (Å²) in [5.74, 6) is -0.752. The van der Waals surface area contributed by atoms with Crippen molar-refractivity contribution in [2.75, 3.05) is 50.1 Å². The molecule has 0 aromatic heterocycles. The van der Waals surface area contributed by atoms with Crippen molar-refractivity contribution in [1.29, 1.82) is 0 Å². The Labute approximate surface area is 161 Å². The summed E-state index contributed by atoms with van der Waals surface area (Å²) >= 11 is 0. The fourth-order valence-electron chi connectivity index (χ4n) is 2.81. The molecule has 0 bridgehead atoms. The van der Waals surface area contributed by atoms with Crippen LogP contribution in [0.4, 0.5) is 11.4 Å². The molecule has 1 aliphatic rings. The summed E-state index contributed by atoms with van der Waals surface area (Å²) in [6, 6.07) is 6.50. The van der Waals surface area contributed by atoms with Gasteiger partial charge in [0.2, 0.25) is 15.9 Å². The van der Waals surface area contributed by atoms with Crippen molar-refractivity contribution in [3.05, 3.63) is 24.3 Å². The lowest BCUT2D eigenvalue weighted by molar-refractivity contribution is -0.120. The Morgan fingerprint density at radius 1 is 1.19 bits per heavy atom.